The quantitative estimate of drug-likeness (QED) is 0.648. The molecule has 0 atom stereocenters. The van der Waals surface area contributed by atoms with Gasteiger partial charge in [-0.05, 0) is 24.5 Å². The van der Waals surface area contributed by atoms with Crippen molar-refractivity contribution in [3.05, 3.63) is 29.3 Å². The Hall–Kier alpha value is -1.31. The van der Waals surface area contributed by atoms with Gasteiger partial charge in [-0.25, -0.2) is 0 Å². The molecule has 0 saturated heterocycles. The maximum absolute atomic E-state index is 11.7. The first-order chi connectivity index (χ1) is 6.24. The number of benzene rings is 1. The third-order valence-electron chi connectivity index (χ3n) is 3.29. The lowest BCUT2D eigenvalue weighted by Gasteiger charge is -2.05. The summed E-state index contributed by atoms with van der Waals surface area (Å²) in [6.45, 7) is 0. The van der Waals surface area contributed by atoms with Gasteiger partial charge < -0.3 is 5.11 Å². The van der Waals surface area contributed by atoms with Crippen LogP contribution in [0.5, 0.6) is 5.75 Å². The minimum atomic E-state index is -0.173. The average Bonchev–Trinajstić information content (AvgIpc) is 2.83. The fourth-order valence-corrected chi connectivity index (χ4v) is 2.36. The molecule has 1 saturated carbocycles. The van der Waals surface area contributed by atoms with Gasteiger partial charge >= 0.3 is 0 Å². The Morgan fingerprint density at radius 2 is 2.08 bits per heavy atom. The predicted octanol–water partition coefficient (Wildman–Crippen LogP) is 1.55. The van der Waals surface area contributed by atoms with Crippen molar-refractivity contribution >= 4 is 5.78 Å². The second-order valence-electron chi connectivity index (χ2n) is 3.99. The molecule has 2 nitrogen and oxygen atoms in total. The van der Waals surface area contributed by atoms with Crippen LogP contribution in [0.3, 0.4) is 0 Å². The standard InChI is InChI=1S/C11H10O2/c12-9-3-1-2-8-7(9)6-10(13)11(8)4-5-11/h1-3,12H,4-6H2. The maximum atomic E-state index is 11.7. The summed E-state index contributed by atoms with van der Waals surface area (Å²) in [5.74, 6) is 0.582. The van der Waals surface area contributed by atoms with Crippen molar-refractivity contribution in [2.24, 2.45) is 0 Å². The summed E-state index contributed by atoms with van der Waals surface area (Å²) < 4.78 is 0. The maximum Gasteiger partial charge on any atom is 0.147 e. The smallest absolute Gasteiger partial charge is 0.147 e. The molecule has 0 unspecified atom stereocenters. The molecular weight excluding hydrogens is 164 g/mol. The van der Waals surface area contributed by atoms with Crippen LogP contribution in [0.25, 0.3) is 0 Å². The molecule has 1 fully saturated rings. The zero-order valence-electron chi connectivity index (χ0n) is 7.21. The Morgan fingerprint density at radius 3 is 2.77 bits per heavy atom. The van der Waals surface area contributed by atoms with Gasteiger partial charge in [0.25, 0.3) is 0 Å². The number of hydrogen-bond donors (Lipinski definition) is 1. The minimum Gasteiger partial charge on any atom is -0.508 e. The molecule has 2 aliphatic rings. The minimum absolute atomic E-state index is 0.173. The fourth-order valence-electron chi connectivity index (χ4n) is 2.36. The molecule has 0 heterocycles. The lowest BCUT2D eigenvalue weighted by molar-refractivity contribution is -0.119. The number of hydrogen-bond acceptors (Lipinski definition) is 2. The van der Waals surface area contributed by atoms with Crippen LogP contribution in [-0.4, -0.2) is 10.9 Å². The molecule has 0 radical (unpaired) electrons. The van der Waals surface area contributed by atoms with Crippen molar-refractivity contribution < 1.29 is 9.90 Å². The van der Waals surface area contributed by atoms with Gasteiger partial charge in [-0.3, -0.25) is 4.79 Å². The van der Waals surface area contributed by atoms with Crippen LogP contribution in [0.2, 0.25) is 0 Å². The number of phenolic OH excluding ortho intramolecular Hbond substituents is 1. The Balaban J connectivity index is 2.28. The summed E-state index contributed by atoms with van der Waals surface area (Å²) in [6, 6.07) is 5.47. The van der Waals surface area contributed by atoms with Gasteiger partial charge in [0.1, 0.15) is 11.5 Å². The van der Waals surface area contributed by atoms with Gasteiger partial charge in [0.2, 0.25) is 0 Å². The van der Waals surface area contributed by atoms with Crippen molar-refractivity contribution in [2.75, 3.05) is 0 Å². The van der Waals surface area contributed by atoms with Crippen LogP contribution in [-0.2, 0) is 16.6 Å². The predicted molar refractivity (Wildman–Crippen MR) is 47.7 cm³/mol. The summed E-state index contributed by atoms with van der Waals surface area (Å²) in [4.78, 5) is 11.7. The Bertz CT molecular complexity index is 403. The molecular formula is C11H10O2. The number of fused-ring (bicyclic) bond motifs is 2. The SMILES string of the molecule is O=C1Cc2c(O)cccc2C12CC2. The molecule has 13 heavy (non-hydrogen) atoms. The van der Waals surface area contributed by atoms with Gasteiger partial charge in [-0.2, -0.15) is 0 Å². The zero-order chi connectivity index (χ0) is 9.05. The summed E-state index contributed by atoms with van der Waals surface area (Å²) in [5, 5.41) is 9.56. The number of ketones is 1. The molecule has 1 N–H and O–H groups in total. The summed E-state index contributed by atoms with van der Waals surface area (Å²) in [5.41, 5.74) is 1.77. The van der Waals surface area contributed by atoms with Crippen molar-refractivity contribution in [1.82, 2.24) is 0 Å². The first-order valence-electron chi connectivity index (χ1n) is 4.59. The first kappa shape index (κ1) is 7.13. The largest absolute Gasteiger partial charge is 0.508 e. The number of Topliss-reactive ketones (excluding diaryl/α,β-unsaturated/α-hetero) is 1. The zero-order valence-corrected chi connectivity index (χ0v) is 7.21. The van der Waals surface area contributed by atoms with E-state index in [2.05, 4.69) is 0 Å². The molecule has 66 valence electrons. The van der Waals surface area contributed by atoms with E-state index in [-0.39, 0.29) is 11.2 Å². The van der Waals surface area contributed by atoms with E-state index >= 15 is 0 Å². The van der Waals surface area contributed by atoms with Crippen molar-refractivity contribution in [3.63, 3.8) is 0 Å². The van der Waals surface area contributed by atoms with Crippen LogP contribution in [0.15, 0.2) is 18.2 Å². The number of rotatable bonds is 0. The highest BCUT2D eigenvalue weighted by molar-refractivity contribution is 5.99. The number of carbonyl (C=O) groups is 1. The number of phenols is 1. The molecule has 0 bridgehead atoms. The van der Waals surface area contributed by atoms with Gasteiger partial charge in [-0.1, -0.05) is 12.1 Å². The third kappa shape index (κ3) is 0.711. The highest BCUT2D eigenvalue weighted by Crippen LogP contribution is 2.55. The second-order valence-corrected chi connectivity index (χ2v) is 3.99. The normalized spacial score (nSPS) is 22.0. The van der Waals surface area contributed by atoms with E-state index < -0.39 is 0 Å². The molecule has 0 aliphatic heterocycles. The van der Waals surface area contributed by atoms with E-state index in [1.807, 2.05) is 12.1 Å². The molecule has 1 aromatic rings. The van der Waals surface area contributed by atoms with Crippen molar-refractivity contribution in [2.45, 2.75) is 24.7 Å². The Labute approximate surface area is 76.2 Å². The van der Waals surface area contributed by atoms with Crippen LogP contribution >= 0.6 is 0 Å². The summed E-state index contributed by atoms with van der Waals surface area (Å²) in [7, 11) is 0. The summed E-state index contributed by atoms with van der Waals surface area (Å²) in [6.07, 6.45) is 2.38. The van der Waals surface area contributed by atoms with Crippen LogP contribution < -0.4 is 0 Å². The molecule has 3 rings (SSSR count). The van der Waals surface area contributed by atoms with Crippen molar-refractivity contribution in [1.29, 1.82) is 0 Å². The van der Waals surface area contributed by atoms with E-state index in [9.17, 15) is 9.90 Å². The van der Waals surface area contributed by atoms with E-state index in [0.717, 1.165) is 24.0 Å². The van der Waals surface area contributed by atoms with E-state index in [0.29, 0.717) is 12.2 Å². The lowest BCUT2D eigenvalue weighted by Crippen LogP contribution is -2.13. The molecule has 1 aromatic carbocycles. The molecule has 0 amide bonds. The van der Waals surface area contributed by atoms with E-state index in [4.69, 9.17) is 0 Å². The fraction of sp³-hybridized carbons (Fsp3) is 0.364. The van der Waals surface area contributed by atoms with E-state index in [1.54, 1.807) is 6.07 Å². The molecule has 1 spiro atoms. The van der Waals surface area contributed by atoms with Crippen LogP contribution in [0, 0.1) is 0 Å². The molecule has 2 heteroatoms. The van der Waals surface area contributed by atoms with Gasteiger partial charge in [0.05, 0.1) is 5.41 Å². The monoisotopic (exact) mass is 174 g/mol. The molecule has 0 aromatic heterocycles. The lowest BCUT2D eigenvalue weighted by atomic mass is 9.98. The second kappa shape index (κ2) is 1.95. The third-order valence-corrected chi connectivity index (χ3v) is 3.29. The Kier molecular flexibility index (Phi) is 1.07. The number of carbonyl (C=O) groups excluding carboxylic acids is 1. The number of aromatic hydroxyl groups is 1. The van der Waals surface area contributed by atoms with Crippen molar-refractivity contribution in [3.8, 4) is 5.75 Å². The topological polar surface area (TPSA) is 37.3 Å². The average molecular weight is 174 g/mol. The highest BCUT2D eigenvalue weighted by Gasteiger charge is 2.55. The highest BCUT2D eigenvalue weighted by atomic mass is 16.3. The van der Waals surface area contributed by atoms with Crippen LogP contribution in [0.4, 0.5) is 0 Å². The van der Waals surface area contributed by atoms with E-state index in [1.165, 1.54) is 0 Å². The van der Waals surface area contributed by atoms with Gasteiger partial charge in [-0.15, -0.1) is 0 Å². The first-order valence-corrected chi connectivity index (χ1v) is 4.59. The van der Waals surface area contributed by atoms with Crippen LogP contribution in [0.1, 0.15) is 24.0 Å². The summed E-state index contributed by atoms with van der Waals surface area (Å²) >= 11 is 0. The van der Waals surface area contributed by atoms with Gasteiger partial charge in [0.15, 0.2) is 0 Å². The molecule has 2 aliphatic carbocycles. The van der Waals surface area contributed by atoms with Gasteiger partial charge in [0, 0.05) is 12.0 Å². The Morgan fingerprint density at radius 1 is 1.31 bits per heavy atom.